The van der Waals surface area contributed by atoms with Gasteiger partial charge in [-0.3, -0.25) is 9.59 Å². The zero-order valence-electron chi connectivity index (χ0n) is 19.8. The van der Waals surface area contributed by atoms with Crippen LogP contribution in [0.4, 0.5) is 0 Å². The fourth-order valence-corrected chi connectivity index (χ4v) is 4.08. The van der Waals surface area contributed by atoms with Gasteiger partial charge in [0.05, 0.1) is 0 Å². The lowest BCUT2D eigenvalue weighted by Crippen LogP contribution is -2.52. The number of benzene rings is 3. The van der Waals surface area contributed by atoms with Gasteiger partial charge in [0.2, 0.25) is 5.91 Å². The molecule has 0 aromatic heterocycles. The van der Waals surface area contributed by atoms with Crippen LogP contribution in [0.3, 0.4) is 0 Å². The van der Waals surface area contributed by atoms with Crippen molar-refractivity contribution >= 4 is 27.7 Å². The number of halogens is 1. The predicted molar refractivity (Wildman–Crippen MR) is 139 cm³/mol. The highest BCUT2D eigenvalue weighted by Crippen LogP contribution is 2.19. The SMILES string of the molecule is Cc1ccc(OCC(=O)N(Cc2cccc(Br)c2)[C@@H](Cc2ccccc2)C(=O)NC(C)C)cc1. The molecule has 5 nitrogen and oxygen atoms in total. The van der Waals surface area contributed by atoms with Crippen LogP contribution in [0.1, 0.15) is 30.5 Å². The van der Waals surface area contributed by atoms with Gasteiger partial charge in [-0.1, -0.05) is 76.1 Å². The van der Waals surface area contributed by atoms with Crippen LogP contribution in [-0.2, 0) is 22.6 Å². The van der Waals surface area contributed by atoms with Gasteiger partial charge in [0.1, 0.15) is 11.8 Å². The number of aryl methyl sites for hydroxylation is 1. The average Bonchev–Trinajstić information content (AvgIpc) is 2.81. The van der Waals surface area contributed by atoms with Crippen LogP contribution < -0.4 is 10.1 Å². The van der Waals surface area contributed by atoms with Gasteiger partial charge in [0, 0.05) is 23.5 Å². The molecule has 0 saturated carbocycles. The first-order valence-electron chi connectivity index (χ1n) is 11.4. The van der Waals surface area contributed by atoms with Crippen LogP contribution in [0.15, 0.2) is 83.3 Å². The first-order valence-corrected chi connectivity index (χ1v) is 12.2. The minimum Gasteiger partial charge on any atom is -0.484 e. The third kappa shape index (κ3) is 7.73. The molecule has 3 aromatic rings. The summed E-state index contributed by atoms with van der Waals surface area (Å²) in [5.41, 5.74) is 3.02. The third-order valence-corrected chi connectivity index (χ3v) is 5.82. The Hall–Kier alpha value is -3.12. The molecule has 178 valence electrons. The van der Waals surface area contributed by atoms with E-state index in [4.69, 9.17) is 4.74 Å². The fraction of sp³-hybridized carbons (Fsp3) is 0.286. The Kier molecular flexibility index (Phi) is 9.28. The molecule has 0 saturated heterocycles. The average molecular weight is 523 g/mol. The van der Waals surface area contributed by atoms with Crippen LogP contribution in [0.25, 0.3) is 0 Å². The molecule has 0 heterocycles. The molecule has 0 aliphatic carbocycles. The highest BCUT2D eigenvalue weighted by atomic mass is 79.9. The van der Waals surface area contributed by atoms with Gasteiger partial charge in [-0.25, -0.2) is 0 Å². The van der Waals surface area contributed by atoms with Crippen LogP contribution in [0.5, 0.6) is 5.75 Å². The van der Waals surface area contributed by atoms with Gasteiger partial charge in [-0.15, -0.1) is 0 Å². The van der Waals surface area contributed by atoms with Crippen molar-refractivity contribution in [3.8, 4) is 5.75 Å². The van der Waals surface area contributed by atoms with Crippen molar-refractivity contribution in [1.82, 2.24) is 10.2 Å². The largest absolute Gasteiger partial charge is 0.484 e. The lowest BCUT2D eigenvalue weighted by molar-refractivity contribution is -0.143. The van der Waals surface area contributed by atoms with E-state index in [0.717, 1.165) is 21.2 Å². The third-order valence-electron chi connectivity index (χ3n) is 5.33. The van der Waals surface area contributed by atoms with Crippen molar-refractivity contribution in [2.75, 3.05) is 6.61 Å². The van der Waals surface area contributed by atoms with Crippen molar-refractivity contribution < 1.29 is 14.3 Å². The van der Waals surface area contributed by atoms with E-state index in [0.29, 0.717) is 18.7 Å². The molecule has 0 fully saturated rings. The van der Waals surface area contributed by atoms with Crippen LogP contribution >= 0.6 is 15.9 Å². The number of carbonyl (C=O) groups is 2. The van der Waals surface area contributed by atoms with Crippen molar-refractivity contribution in [3.63, 3.8) is 0 Å². The quantitative estimate of drug-likeness (QED) is 0.393. The molecule has 3 rings (SSSR count). The number of nitrogens with zero attached hydrogens (tertiary/aromatic N) is 1. The number of ether oxygens (including phenoxy) is 1. The topological polar surface area (TPSA) is 58.6 Å². The number of amides is 2. The normalized spacial score (nSPS) is 11.7. The molecule has 0 bridgehead atoms. The summed E-state index contributed by atoms with van der Waals surface area (Å²) < 4.78 is 6.71. The monoisotopic (exact) mass is 522 g/mol. The van der Waals surface area contributed by atoms with Crippen LogP contribution in [-0.4, -0.2) is 35.4 Å². The van der Waals surface area contributed by atoms with Crippen molar-refractivity contribution in [2.24, 2.45) is 0 Å². The van der Waals surface area contributed by atoms with E-state index >= 15 is 0 Å². The second-order valence-electron chi connectivity index (χ2n) is 8.62. The minimum atomic E-state index is -0.683. The van der Waals surface area contributed by atoms with Gasteiger partial charge in [0.25, 0.3) is 5.91 Å². The summed E-state index contributed by atoms with van der Waals surface area (Å²) in [4.78, 5) is 28.4. The Morgan fingerprint density at radius 2 is 1.62 bits per heavy atom. The van der Waals surface area contributed by atoms with Crippen molar-refractivity contribution in [1.29, 1.82) is 0 Å². The predicted octanol–water partition coefficient (Wildman–Crippen LogP) is 5.30. The van der Waals surface area contributed by atoms with E-state index in [1.807, 2.05) is 99.6 Å². The Labute approximate surface area is 210 Å². The summed E-state index contributed by atoms with van der Waals surface area (Å²) >= 11 is 3.50. The summed E-state index contributed by atoms with van der Waals surface area (Å²) in [5, 5.41) is 2.99. The maximum absolute atomic E-state index is 13.5. The maximum Gasteiger partial charge on any atom is 0.261 e. The fourth-order valence-electron chi connectivity index (χ4n) is 3.63. The van der Waals surface area contributed by atoms with E-state index in [1.54, 1.807) is 4.90 Å². The summed E-state index contributed by atoms with van der Waals surface area (Å²) in [6.07, 6.45) is 0.406. The molecule has 0 aliphatic heterocycles. The second kappa shape index (κ2) is 12.4. The van der Waals surface area contributed by atoms with E-state index in [2.05, 4.69) is 21.2 Å². The lowest BCUT2D eigenvalue weighted by atomic mass is 10.0. The number of hydrogen-bond donors (Lipinski definition) is 1. The standard InChI is InChI=1S/C28H31BrN2O3/c1-20(2)30-28(33)26(17-22-8-5-4-6-9-22)31(18-23-10-7-11-24(29)16-23)27(32)19-34-25-14-12-21(3)13-15-25/h4-16,20,26H,17-19H2,1-3H3,(H,30,33)/t26-/m0/s1. The molecule has 2 amide bonds. The number of rotatable bonds is 10. The number of hydrogen-bond acceptors (Lipinski definition) is 3. The molecule has 0 aliphatic rings. The van der Waals surface area contributed by atoms with Gasteiger partial charge >= 0.3 is 0 Å². The molecule has 34 heavy (non-hydrogen) atoms. The zero-order chi connectivity index (χ0) is 24.5. The van der Waals surface area contributed by atoms with E-state index in [1.165, 1.54) is 0 Å². The maximum atomic E-state index is 13.5. The molecule has 0 spiro atoms. The van der Waals surface area contributed by atoms with E-state index in [9.17, 15) is 9.59 Å². The Morgan fingerprint density at radius 3 is 2.26 bits per heavy atom. The summed E-state index contributed by atoms with van der Waals surface area (Å²) in [7, 11) is 0. The number of nitrogens with one attached hydrogen (secondary N) is 1. The molecule has 6 heteroatoms. The van der Waals surface area contributed by atoms with Gasteiger partial charge < -0.3 is 15.0 Å². The Morgan fingerprint density at radius 1 is 0.941 bits per heavy atom. The molecule has 0 radical (unpaired) electrons. The Bertz CT molecular complexity index is 1080. The molecule has 1 atom stereocenters. The molecule has 0 unspecified atom stereocenters. The van der Waals surface area contributed by atoms with Crippen LogP contribution in [0, 0.1) is 6.92 Å². The summed E-state index contributed by atoms with van der Waals surface area (Å²) in [6, 6.07) is 24.4. The van der Waals surface area contributed by atoms with Crippen LogP contribution in [0.2, 0.25) is 0 Å². The lowest BCUT2D eigenvalue weighted by Gasteiger charge is -2.32. The highest BCUT2D eigenvalue weighted by Gasteiger charge is 2.31. The minimum absolute atomic E-state index is 0.0441. The highest BCUT2D eigenvalue weighted by molar-refractivity contribution is 9.10. The van der Waals surface area contributed by atoms with Gasteiger partial charge in [-0.05, 0) is 56.2 Å². The molecular weight excluding hydrogens is 492 g/mol. The van der Waals surface area contributed by atoms with E-state index in [-0.39, 0.29) is 24.5 Å². The first kappa shape index (κ1) is 25.5. The van der Waals surface area contributed by atoms with Crippen molar-refractivity contribution in [2.45, 2.75) is 45.8 Å². The first-order chi connectivity index (χ1) is 16.3. The molecule has 3 aromatic carbocycles. The van der Waals surface area contributed by atoms with E-state index < -0.39 is 6.04 Å². The molecule has 1 N–H and O–H groups in total. The number of carbonyl (C=O) groups excluding carboxylic acids is 2. The summed E-state index contributed by atoms with van der Waals surface area (Å²) in [5.74, 6) is 0.186. The zero-order valence-corrected chi connectivity index (χ0v) is 21.4. The second-order valence-corrected chi connectivity index (χ2v) is 9.54. The summed E-state index contributed by atoms with van der Waals surface area (Å²) in [6.45, 7) is 5.96. The smallest absolute Gasteiger partial charge is 0.261 e. The van der Waals surface area contributed by atoms with Gasteiger partial charge in [0.15, 0.2) is 6.61 Å². The Balaban J connectivity index is 1.90. The van der Waals surface area contributed by atoms with Crippen molar-refractivity contribution in [3.05, 3.63) is 100 Å². The molecular formula is C28H31BrN2O3. The van der Waals surface area contributed by atoms with Gasteiger partial charge in [-0.2, -0.15) is 0 Å².